The summed E-state index contributed by atoms with van der Waals surface area (Å²) in [6.07, 6.45) is -2.20. The zero-order valence-corrected chi connectivity index (χ0v) is 11.9. The van der Waals surface area contributed by atoms with Crippen LogP contribution in [0.5, 0.6) is 0 Å². The topological polar surface area (TPSA) is 29.9 Å². The minimum absolute atomic E-state index is 0.262. The van der Waals surface area contributed by atoms with Crippen LogP contribution in [0.3, 0.4) is 0 Å². The second-order valence-electron chi connectivity index (χ2n) is 4.60. The van der Waals surface area contributed by atoms with Crippen molar-refractivity contribution in [3.63, 3.8) is 0 Å². The predicted molar refractivity (Wildman–Crippen MR) is 72.6 cm³/mol. The molecule has 1 aromatic carbocycles. The lowest BCUT2D eigenvalue weighted by Crippen LogP contribution is -2.26. The number of rotatable bonds is 1. The number of aromatic nitrogens is 2. The van der Waals surface area contributed by atoms with Crippen molar-refractivity contribution in [2.45, 2.75) is 18.6 Å². The lowest BCUT2D eigenvalue weighted by Gasteiger charge is -2.28. The standard InChI is InChI=1S/C13H11BrF3N3/c14-10-7-19-20-11(5-6-18-12(10)20)8-3-1-2-4-9(8)13(15,16)17/h1-4,7,11,18H,5-6H2. The van der Waals surface area contributed by atoms with Crippen LogP contribution in [0.4, 0.5) is 19.0 Å². The second kappa shape index (κ2) is 4.80. The van der Waals surface area contributed by atoms with Gasteiger partial charge in [0.2, 0.25) is 0 Å². The molecule has 1 aromatic heterocycles. The summed E-state index contributed by atoms with van der Waals surface area (Å²) in [4.78, 5) is 0. The largest absolute Gasteiger partial charge is 0.416 e. The number of nitrogens with zero attached hydrogens (tertiary/aromatic N) is 2. The Morgan fingerprint density at radius 2 is 2.05 bits per heavy atom. The van der Waals surface area contributed by atoms with Crippen LogP contribution in [0.25, 0.3) is 0 Å². The van der Waals surface area contributed by atoms with Gasteiger partial charge in [-0.05, 0) is 34.0 Å². The number of benzene rings is 1. The van der Waals surface area contributed by atoms with Crippen LogP contribution >= 0.6 is 15.9 Å². The summed E-state index contributed by atoms with van der Waals surface area (Å²) < 4.78 is 41.8. The monoisotopic (exact) mass is 345 g/mol. The number of nitrogens with one attached hydrogen (secondary N) is 1. The molecule has 1 aliphatic heterocycles. The molecule has 0 aliphatic carbocycles. The predicted octanol–water partition coefficient (Wildman–Crippen LogP) is 4.07. The fraction of sp³-hybridized carbons (Fsp3) is 0.308. The Labute approximate surface area is 121 Å². The van der Waals surface area contributed by atoms with Gasteiger partial charge < -0.3 is 5.32 Å². The Morgan fingerprint density at radius 3 is 2.80 bits per heavy atom. The van der Waals surface area contributed by atoms with Gasteiger partial charge in [-0.15, -0.1) is 0 Å². The van der Waals surface area contributed by atoms with Crippen LogP contribution in [-0.2, 0) is 6.18 Å². The average Bonchev–Trinajstić information content (AvgIpc) is 2.80. The molecule has 0 saturated carbocycles. The molecule has 0 spiro atoms. The molecule has 0 fully saturated rings. The molecule has 3 nitrogen and oxygen atoms in total. The number of fused-ring (bicyclic) bond motifs is 1. The van der Waals surface area contributed by atoms with Crippen LogP contribution in [0.2, 0.25) is 0 Å². The first-order valence-electron chi connectivity index (χ1n) is 6.11. The van der Waals surface area contributed by atoms with E-state index in [1.165, 1.54) is 12.1 Å². The summed E-state index contributed by atoms with van der Waals surface area (Å²) in [5.41, 5.74) is -0.331. The van der Waals surface area contributed by atoms with Crippen molar-refractivity contribution in [3.05, 3.63) is 46.1 Å². The van der Waals surface area contributed by atoms with Crippen LogP contribution in [0.15, 0.2) is 34.9 Å². The highest BCUT2D eigenvalue weighted by Gasteiger charge is 2.36. The maximum Gasteiger partial charge on any atom is 0.416 e. The fourth-order valence-electron chi connectivity index (χ4n) is 2.53. The van der Waals surface area contributed by atoms with E-state index < -0.39 is 17.8 Å². The Kier molecular flexibility index (Phi) is 3.24. The third-order valence-corrected chi connectivity index (χ3v) is 3.96. The second-order valence-corrected chi connectivity index (χ2v) is 5.46. The summed E-state index contributed by atoms with van der Waals surface area (Å²) in [7, 11) is 0. The van der Waals surface area contributed by atoms with Gasteiger partial charge in [0, 0.05) is 6.54 Å². The SMILES string of the molecule is FC(F)(F)c1ccccc1C1CCNc2c(Br)cnn21. The molecule has 1 atom stereocenters. The Balaban J connectivity index is 2.12. The lowest BCUT2D eigenvalue weighted by atomic mass is 9.96. The molecular weight excluding hydrogens is 335 g/mol. The normalized spacial score (nSPS) is 18.5. The molecule has 1 unspecified atom stereocenters. The quantitative estimate of drug-likeness (QED) is 0.844. The van der Waals surface area contributed by atoms with E-state index in [2.05, 4.69) is 26.3 Å². The van der Waals surface area contributed by atoms with E-state index in [0.29, 0.717) is 13.0 Å². The molecule has 0 amide bonds. The highest BCUT2D eigenvalue weighted by Crippen LogP contribution is 2.39. The molecule has 0 saturated heterocycles. The maximum absolute atomic E-state index is 13.1. The van der Waals surface area contributed by atoms with Crippen LogP contribution in [0.1, 0.15) is 23.6 Å². The fourth-order valence-corrected chi connectivity index (χ4v) is 2.94. The van der Waals surface area contributed by atoms with Gasteiger partial charge in [-0.25, -0.2) is 4.68 Å². The van der Waals surface area contributed by atoms with Crippen molar-refractivity contribution in [1.29, 1.82) is 0 Å². The Hall–Kier alpha value is -1.50. The van der Waals surface area contributed by atoms with E-state index in [1.807, 2.05) is 0 Å². The Morgan fingerprint density at radius 1 is 1.30 bits per heavy atom. The summed E-state index contributed by atoms with van der Waals surface area (Å²) in [6, 6.07) is 5.28. The van der Waals surface area contributed by atoms with Gasteiger partial charge in [-0.2, -0.15) is 18.3 Å². The third kappa shape index (κ3) is 2.19. The number of anilines is 1. The molecular formula is C13H11BrF3N3. The van der Waals surface area contributed by atoms with Gasteiger partial charge in [0.25, 0.3) is 0 Å². The van der Waals surface area contributed by atoms with Crippen molar-refractivity contribution >= 4 is 21.7 Å². The van der Waals surface area contributed by atoms with Crippen LogP contribution in [0, 0.1) is 0 Å². The minimum Gasteiger partial charge on any atom is -0.369 e. The molecule has 1 aliphatic rings. The highest BCUT2D eigenvalue weighted by atomic mass is 79.9. The summed E-state index contributed by atoms with van der Waals surface area (Å²) >= 11 is 3.34. The zero-order chi connectivity index (χ0) is 14.3. The zero-order valence-electron chi connectivity index (χ0n) is 10.3. The first-order chi connectivity index (χ1) is 9.48. The average molecular weight is 346 g/mol. The molecule has 0 bridgehead atoms. The molecule has 3 rings (SSSR count). The van der Waals surface area contributed by atoms with Gasteiger partial charge in [-0.3, -0.25) is 0 Å². The summed E-state index contributed by atoms with van der Waals surface area (Å²) in [5.74, 6) is 0.721. The summed E-state index contributed by atoms with van der Waals surface area (Å²) in [5, 5.41) is 7.32. The van der Waals surface area contributed by atoms with E-state index in [4.69, 9.17) is 0 Å². The molecule has 106 valence electrons. The van der Waals surface area contributed by atoms with Crippen molar-refractivity contribution in [1.82, 2.24) is 9.78 Å². The first kappa shape index (κ1) is 13.5. The highest BCUT2D eigenvalue weighted by molar-refractivity contribution is 9.10. The van der Waals surface area contributed by atoms with E-state index in [0.717, 1.165) is 16.4 Å². The smallest absolute Gasteiger partial charge is 0.369 e. The van der Waals surface area contributed by atoms with Gasteiger partial charge in [0.1, 0.15) is 5.82 Å². The van der Waals surface area contributed by atoms with E-state index in [1.54, 1.807) is 16.9 Å². The third-order valence-electron chi connectivity index (χ3n) is 3.38. The van der Waals surface area contributed by atoms with Crippen LogP contribution in [-0.4, -0.2) is 16.3 Å². The van der Waals surface area contributed by atoms with Crippen molar-refractivity contribution in [2.75, 3.05) is 11.9 Å². The van der Waals surface area contributed by atoms with E-state index in [-0.39, 0.29) is 5.56 Å². The maximum atomic E-state index is 13.1. The van der Waals surface area contributed by atoms with Crippen LogP contribution < -0.4 is 5.32 Å². The van der Waals surface area contributed by atoms with E-state index in [9.17, 15) is 13.2 Å². The number of hydrogen-bond donors (Lipinski definition) is 1. The number of alkyl halides is 3. The Bertz CT molecular complexity index is 636. The van der Waals surface area contributed by atoms with Gasteiger partial charge in [0.15, 0.2) is 0 Å². The lowest BCUT2D eigenvalue weighted by molar-refractivity contribution is -0.138. The van der Waals surface area contributed by atoms with Crippen molar-refractivity contribution in [2.24, 2.45) is 0 Å². The molecule has 1 N–H and O–H groups in total. The molecule has 7 heteroatoms. The molecule has 2 heterocycles. The van der Waals surface area contributed by atoms with E-state index >= 15 is 0 Å². The van der Waals surface area contributed by atoms with Crippen molar-refractivity contribution < 1.29 is 13.2 Å². The molecule has 0 radical (unpaired) electrons. The summed E-state index contributed by atoms with van der Waals surface area (Å²) in [6.45, 7) is 0.612. The molecule has 2 aromatic rings. The number of halogens is 4. The minimum atomic E-state index is -4.36. The van der Waals surface area contributed by atoms with Crippen molar-refractivity contribution in [3.8, 4) is 0 Å². The number of hydrogen-bond acceptors (Lipinski definition) is 2. The first-order valence-corrected chi connectivity index (χ1v) is 6.91. The van der Waals surface area contributed by atoms with Gasteiger partial charge >= 0.3 is 6.18 Å². The van der Waals surface area contributed by atoms with Gasteiger partial charge in [-0.1, -0.05) is 18.2 Å². The van der Waals surface area contributed by atoms with Gasteiger partial charge in [0.05, 0.1) is 22.3 Å². The molecule has 20 heavy (non-hydrogen) atoms.